The number of carbonyl (C=O) groups excluding carboxylic acids is 1. The maximum atomic E-state index is 13.0. The SMILES string of the molecule is Cc1cnn(Cc2ccc3c(c2)[C@@H]2O[C@H]3c3cc(C(=O)NCc4c(C)cc(N)nc4C)ccc32)c1. The van der Waals surface area contributed by atoms with Gasteiger partial charge in [-0.3, -0.25) is 9.48 Å². The molecule has 2 aliphatic rings. The number of nitrogen functional groups attached to an aromatic ring is 1. The molecule has 176 valence electrons. The van der Waals surface area contributed by atoms with E-state index in [1.54, 1.807) is 0 Å². The van der Waals surface area contributed by atoms with Gasteiger partial charge in [0.1, 0.15) is 18.0 Å². The summed E-state index contributed by atoms with van der Waals surface area (Å²) >= 11 is 0. The summed E-state index contributed by atoms with van der Waals surface area (Å²) in [6, 6.07) is 14.2. The largest absolute Gasteiger partial charge is 0.384 e. The first kappa shape index (κ1) is 21.6. The van der Waals surface area contributed by atoms with Crippen molar-refractivity contribution in [2.75, 3.05) is 5.73 Å². The molecule has 35 heavy (non-hydrogen) atoms. The van der Waals surface area contributed by atoms with Crippen LogP contribution in [0.1, 0.15) is 72.8 Å². The van der Waals surface area contributed by atoms with Crippen LogP contribution in [0, 0.1) is 20.8 Å². The van der Waals surface area contributed by atoms with E-state index >= 15 is 0 Å². The molecular formula is C28H27N5O2. The first-order chi connectivity index (χ1) is 16.9. The summed E-state index contributed by atoms with van der Waals surface area (Å²) in [4.78, 5) is 17.3. The molecule has 7 heteroatoms. The lowest BCUT2D eigenvalue weighted by Gasteiger charge is -2.18. The molecule has 0 saturated heterocycles. The molecule has 4 heterocycles. The van der Waals surface area contributed by atoms with Crippen molar-refractivity contribution < 1.29 is 9.53 Å². The van der Waals surface area contributed by atoms with Crippen LogP contribution < -0.4 is 11.1 Å². The molecule has 0 radical (unpaired) electrons. The van der Waals surface area contributed by atoms with E-state index in [9.17, 15) is 4.79 Å². The number of rotatable bonds is 5. The van der Waals surface area contributed by atoms with Crippen LogP contribution in [0.3, 0.4) is 0 Å². The van der Waals surface area contributed by atoms with Gasteiger partial charge in [-0.25, -0.2) is 4.98 Å². The van der Waals surface area contributed by atoms with Gasteiger partial charge >= 0.3 is 0 Å². The monoisotopic (exact) mass is 465 g/mol. The van der Waals surface area contributed by atoms with Crippen LogP contribution in [-0.2, 0) is 17.8 Å². The van der Waals surface area contributed by atoms with Gasteiger partial charge in [-0.2, -0.15) is 5.10 Å². The Hall–Kier alpha value is -3.97. The number of aromatic nitrogens is 3. The summed E-state index contributed by atoms with van der Waals surface area (Å²) in [5.41, 5.74) is 16.3. The first-order valence-electron chi connectivity index (χ1n) is 11.8. The van der Waals surface area contributed by atoms with Crippen molar-refractivity contribution in [1.82, 2.24) is 20.1 Å². The van der Waals surface area contributed by atoms with Crippen LogP contribution in [0.2, 0.25) is 0 Å². The van der Waals surface area contributed by atoms with Crippen molar-refractivity contribution in [3.63, 3.8) is 0 Å². The molecular weight excluding hydrogens is 438 g/mol. The highest BCUT2D eigenvalue weighted by atomic mass is 16.5. The number of pyridine rings is 1. The Morgan fingerprint density at radius 3 is 2.49 bits per heavy atom. The van der Waals surface area contributed by atoms with Gasteiger partial charge in [-0.1, -0.05) is 24.3 Å². The summed E-state index contributed by atoms with van der Waals surface area (Å²) in [5, 5.41) is 7.44. The fourth-order valence-corrected chi connectivity index (χ4v) is 5.30. The average molecular weight is 466 g/mol. The number of nitrogens with two attached hydrogens (primary N) is 1. The summed E-state index contributed by atoms with van der Waals surface area (Å²) in [7, 11) is 0. The molecule has 2 aromatic carbocycles. The third kappa shape index (κ3) is 3.68. The zero-order valence-corrected chi connectivity index (χ0v) is 20.0. The molecule has 2 aliphatic heterocycles. The number of anilines is 1. The molecule has 2 bridgehead atoms. The Balaban J connectivity index is 1.21. The molecule has 4 aromatic rings. The van der Waals surface area contributed by atoms with Crippen LogP contribution in [0.4, 0.5) is 5.82 Å². The molecule has 7 nitrogen and oxygen atoms in total. The minimum absolute atomic E-state index is 0.0902. The predicted molar refractivity (Wildman–Crippen MR) is 133 cm³/mol. The molecule has 1 amide bonds. The number of benzene rings is 2. The maximum absolute atomic E-state index is 13.0. The number of hydrogen-bond acceptors (Lipinski definition) is 5. The van der Waals surface area contributed by atoms with Crippen molar-refractivity contribution in [1.29, 1.82) is 0 Å². The van der Waals surface area contributed by atoms with Crippen molar-refractivity contribution in [2.24, 2.45) is 0 Å². The van der Waals surface area contributed by atoms with E-state index in [0.717, 1.165) is 40.1 Å². The predicted octanol–water partition coefficient (Wildman–Crippen LogP) is 4.29. The molecule has 0 aliphatic carbocycles. The summed E-state index contributed by atoms with van der Waals surface area (Å²) in [5.74, 6) is 0.379. The van der Waals surface area contributed by atoms with Crippen molar-refractivity contribution in [3.8, 4) is 0 Å². The quantitative estimate of drug-likeness (QED) is 0.459. The Bertz CT molecular complexity index is 1470. The number of nitrogens with zero attached hydrogens (tertiary/aromatic N) is 3. The number of fused-ring (bicyclic) bond motifs is 8. The zero-order valence-electron chi connectivity index (χ0n) is 20.0. The van der Waals surface area contributed by atoms with Gasteiger partial charge in [-0.05, 0) is 83.5 Å². The lowest BCUT2D eigenvalue weighted by atomic mass is 9.84. The van der Waals surface area contributed by atoms with Crippen molar-refractivity contribution >= 4 is 11.7 Å². The maximum Gasteiger partial charge on any atom is 0.251 e. The normalized spacial score (nSPS) is 17.3. The van der Waals surface area contributed by atoms with Gasteiger partial charge in [0.2, 0.25) is 0 Å². The van der Waals surface area contributed by atoms with Gasteiger partial charge in [0.15, 0.2) is 0 Å². The third-order valence-corrected chi connectivity index (χ3v) is 7.01. The van der Waals surface area contributed by atoms with E-state index in [2.05, 4.69) is 33.6 Å². The Kier molecular flexibility index (Phi) is 4.96. The van der Waals surface area contributed by atoms with E-state index in [1.807, 2.05) is 62.1 Å². The lowest BCUT2D eigenvalue weighted by molar-refractivity contribution is 0.0857. The van der Waals surface area contributed by atoms with Crippen LogP contribution in [-0.4, -0.2) is 20.7 Å². The van der Waals surface area contributed by atoms with E-state index in [1.165, 1.54) is 16.7 Å². The highest BCUT2D eigenvalue weighted by Gasteiger charge is 2.43. The Morgan fingerprint density at radius 2 is 1.77 bits per heavy atom. The van der Waals surface area contributed by atoms with Crippen LogP contribution in [0.5, 0.6) is 0 Å². The first-order valence-corrected chi connectivity index (χ1v) is 11.8. The van der Waals surface area contributed by atoms with Crippen molar-refractivity contribution in [2.45, 2.75) is 46.1 Å². The molecule has 2 atom stereocenters. The van der Waals surface area contributed by atoms with Crippen LogP contribution in [0.25, 0.3) is 0 Å². The number of hydrogen-bond donors (Lipinski definition) is 2. The highest BCUT2D eigenvalue weighted by Crippen LogP contribution is 2.54. The fraction of sp³-hybridized carbons (Fsp3) is 0.250. The summed E-state index contributed by atoms with van der Waals surface area (Å²) in [6.07, 6.45) is 3.69. The standard InChI is InChI=1S/C28H27N5O2/c1-15-11-31-33(13-15)14-18-4-6-20-22(9-18)26-21-7-5-19(10-23(21)27(20)35-26)28(34)30-12-24-16(2)8-25(29)32-17(24)3/h4-11,13,26-27H,12,14H2,1-3H3,(H2,29,32)(H,30,34)/t26-,27-/m1/s1. The number of carbonyl (C=O) groups is 1. The van der Waals surface area contributed by atoms with Gasteiger partial charge in [-0.15, -0.1) is 0 Å². The Labute approximate surface area is 204 Å². The van der Waals surface area contributed by atoms with E-state index in [4.69, 9.17) is 10.5 Å². The molecule has 0 saturated carbocycles. The number of nitrogens with one attached hydrogen (secondary N) is 1. The van der Waals surface area contributed by atoms with Crippen LogP contribution >= 0.6 is 0 Å². The molecule has 2 aromatic heterocycles. The van der Waals surface area contributed by atoms with Gasteiger partial charge in [0.05, 0.1) is 12.7 Å². The summed E-state index contributed by atoms with van der Waals surface area (Å²) in [6.45, 7) is 7.07. The van der Waals surface area contributed by atoms with Crippen molar-refractivity contribution in [3.05, 3.63) is 111 Å². The topological polar surface area (TPSA) is 95.1 Å². The Morgan fingerprint density at radius 1 is 1.03 bits per heavy atom. The number of aryl methyl sites for hydroxylation is 3. The smallest absolute Gasteiger partial charge is 0.251 e. The number of amides is 1. The molecule has 0 spiro atoms. The lowest BCUT2D eigenvalue weighted by Crippen LogP contribution is -2.24. The minimum Gasteiger partial charge on any atom is -0.384 e. The minimum atomic E-state index is -0.135. The second kappa shape index (κ2) is 8.06. The second-order valence-corrected chi connectivity index (χ2v) is 9.53. The number of ether oxygens (including phenoxy) is 1. The fourth-order valence-electron chi connectivity index (χ4n) is 5.30. The molecule has 0 fully saturated rings. The van der Waals surface area contributed by atoms with Gasteiger partial charge in [0.25, 0.3) is 5.91 Å². The molecule has 6 rings (SSSR count). The van der Waals surface area contributed by atoms with Gasteiger partial charge < -0.3 is 15.8 Å². The van der Waals surface area contributed by atoms with E-state index in [0.29, 0.717) is 17.9 Å². The third-order valence-electron chi connectivity index (χ3n) is 7.01. The van der Waals surface area contributed by atoms with E-state index in [-0.39, 0.29) is 18.1 Å². The van der Waals surface area contributed by atoms with E-state index < -0.39 is 0 Å². The molecule has 3 N–H and O–H groups in total. The highest BCUT2D eigenvalue weighted by molar-refractivity contribution is 5.94. The van der Waals surface area contributed by atoms with Crippen LogP contribution in [0.15, 0.2) is 54.9 Å². The molecule has 0 unspecified atom stereocenters. The van der Waals surface area contributed by atoms with Gasteiger partial charge in [0, 0.05) is 24.0 Å². The summed E-state index contributed by atoms with van der Waals surface area (Å²) < 4.78 is 8.31. The second-order valence-electron chi connectivity index (χ2n) is 9.53. The zero-order chi connectivity index (χ0) is 24.3. The average Bonchev–Trinajstić information content (AvgIpc) is 3.51.